The number of alkyl halides is 6. The van der Waals surface area contributed by atoms with Crippen LogP contribution in [0.25, 0.3) is 0 Å². The lowest BCUT2D eigenvalue weighted by Crippen LogP contribution is -2.53. The molecule has 8 heteroatoms. The van der Waals surface area contributed by atoms with E-state index in [2.05, 4.69) is 0 Å². The van der Waals surface area contributed by atoms with Crippen molar-refractivity contribution in [3.8, 4) is 0 Å². The van der Waals surface area contributed by atoms with Crippen LogP contribution in [0.1, 0.15) is 5.56 Å². The molecule has 1 N–H and O–H groups in total. The van der Waals surface area contributed by atoms with Crippen molar-refractivity contribution >= 4 is 0 Å². The Morgan fingerprint density at radius 3 is 1.41 bits per heavy atom. The number of rotatable bonds is 1. The number of hydrogen-bond donors (Lipinski definition) is 1. The topological polar surface area (TPSA) is 20.2 Å². The van der Waals surface area contributed by atoms with Crippen LogP contribution in [0, 0.1) is 5.82 Å². The molecular weight excluding hydrogens is 257 g/mol. The van der Waals surface area contributed by atoms with Gasteiger partial charge in [-0.1, -0.05) is 12.1 Å². The Bertz CT molecular complexity index is 375. The molecule has 0 aliphatic rings. The van der Waals surface area contributed by atoms with Crippen LogP contribution < -0.4 is 0 Å². The molecule has 0 unspecified atom stereocenters. The lowest BCUT2D eigenvalue weighted by atomic mass is 9.92. The summed E-state index contributed by atoms with van der Waals surface area (Å²) >= 11 is 0. The first-order valence-electron chi connectivity index (χ1n) is 4.12. The van der Waals surface area contributed by atoms with Crippen LogP contribution in [0.2, 0.25) is 0 Å². The van der Waals surface area contributed by atoms with Crippen molar-refractivity contribution in [3.05, 3.63) is 35.6 Å². The smallest absolute Gasteiger partial charge is 0.369 e. The molecule has 0 radical (unpaired) electrons. The van der Waals surface area contributed by atoms with Crippen LogP contribution in [0.3, 0.4) is 0 Å². The third-order valence-electron chi connectivity index (χ3n) is 2.08. The first-order valence-corrected chi connectivity index (χ1v) is 4.12. The van der Waals surface area contributed by atoms with Crippen LogP contribution in [-0.2, 0) is 5.60 Å². The molecule has 0 saturated carbocycles. The Morgan fingerprint density at radius 1 is 0.765 bits per heavy atom. The van der Waals surface area contributed by atoms with Crippen LogP contribution in [0.4, 0.5) is 30.7 Å². The van der Waals surface area contributed by atoms with E-state index < -0.39 is 29.3 Å². The monoisotopic (exact) mass is 262 g/mol. The maximum absolute atomic E-state index is 12.4. The van der Waals surface area contributed by atoms with Crippen molar-refractivity contribution < 1.29 is 35.8 Å². The largest absolute Gasteiger partial charge is 0.430 e. The highest BCUT2D eigenvalue weighted by Gasteiger charge is 2.71. The summed E-state index contributed by atoms with van der Waals surface area (Å²) in [5.41, 5.74) is -6.49. The van der Waals surface area contributed by atoms with Gasteiger partial charge >= 0.3 is 12.4 Å². The van der Waals surface area contributed by atoms with Gasteiger partial charge in [-0.15, -0.1) is 0 Å². The van der Waals surface area contributed by atoms with Gasteiger partial charge in [-0.25, -0.2) is 4.39 Å². The molecule has 0 spiro atoms. The Kier molecular flexibility index (Phi) is 3.13. The molecule has 96 valence electrons. The van der Waals surface area contributed by atoms with Crippen molar-refractivity contribution in [2.24, 2.45) is 0 Å². The summed E-state index contributed by atoms with van der Waals surface area (Å²) in [6.07, 6.45) is -11.9. The van der Waals surface area contributed by atoms with Crippen LogP contribution in [0.15, 0.2) is 24.3 Å². The summed E-state index contributed by atoms with van der Waals surface area (Å²) in [6.45, 7) is 0. The summed E-state index contributed by atoms with van der Waals surface area (Å²) in [5.74, 6) is -1.01. The Balaban J connectivity index is 3.41. The fourth-order valence-electron chi connectivity index (χ4n) is 1.18. The molecule has 1 rings (SSSR count). The fourth-order valence-corrected chi connectivity index (χ4v) is 1.18. The van der Waals surface area contributed by atoms with Crippen molar-refractivity contribution in [1.29, 1.82) is 0 Å². The van der Waals surface area contributed by atoms with Gasteiger partial charge < -0.3 is 5.11 Å². The number of aliphatic hydroxyl groups is 1. The van der Waals surface area contributed by atoms with E-state index in [1.807, 2.05) is 0 Å². The van der Waals surface area contributed by atoms with Gasteiger partial charge in [0.25, 0.3) is 5.60 Å². The van der Waals surface area contributed by atoms with Gasteiger partial charge in [-0.05, 0) is 12.1 Å². The molecule has 0 bridgehead atoms. The fraction of sp³-hybridized carbons (Fsp3) is 0.333. The Labute approximate surface area is 90.5 Å². The lowest BCUT2D eigenvalue weighted by Gasteiger charge is -2.32. The molecule has 1 aromatic carbocycles. The second kappa shape index (κ2) is 3.86. The minimum Gasteiger partial charge on any atom is -0.369 e. The van der Waals surface area contributed by atoms with Gasteiger partial charge in [0.15, 0.2) is 0 Å². The van der Waals surface area contributed by atoms with Crippen molar-refractivity contribution in [1.82, 2.24) is 0 Å². The highest BCUT2D eigenvalue weighted by Crippen LogP contribution is 2.49. The predicted molar refractivity (Wildman–Crippen MR) is 42.4 cm³/mol. The number of benzene rings is 1. The number of hydrogen-bond acceptors (Lipinski definition) is 1. The molecule has 0 aliphatic carbocycles. The lowest BCUT2D eigenvalue weighted by molar-refractivity contribution is -0.376. The summed E-state index contributed by atoms with van der Waals surface area (Å²) in [4.78, 5) is 0. The van der Waals surface area contributed by atoms with Gasteiger partial charge in [-0.3, -0.25) is 0 Å². The molecule has 17 heavy (non-hydrogen) atoms. The standard InChI is InChI=1S/C9H5F7O/c10-6-3-1-5(2-4-6)7(17,8(11,12)13)9(14,15)16/h1-4,17H. The highest BCUT2D eigenvalue weighted by atomic mass is 19.4. The van der Waals surface area contributed by atoms with Gasteiger partial charge in [-0.2, -0.15) is 26.3 Å². The molecule has 0 heterocycles. The maximum Gasteiger partial charge on any atom is 0.430 e. The zero-order valence-corrected chi connectivity index (χ0v) is 7.90. The van der Waals surface area contributed by atoms with Gasteiger partial charge in [0.05, 0.1) is 0 Å². The average Bonchev–Trinajstić information content (AvgIpc) is 2.14. The first-order chi connectivity index (χ1) is 7.50. The van der Waals surface area contributed by atoms with Crippen LogP contribution in [-0.4, -0.2) is 17.5 Å². The van der Waals surface area contributed by atoms with E-state index in [9.17, 15) is 30.7 Å². The predicted octanol–water partition coefficient (Wildman–Crippen LogP) is 3.14. The van der Waals surface area contributed by atoms with Gasteiger partial charge in [0.2, 0.25) is 0 Å². The molecule has 0 aliphatic heterocycles. The Morgan fingerprint density at radius 2 is 1.12 bits per heavy atom. The van der Waals surface area contributed by atoms with Gasteiger partial charge in [0, 0.05) is 5.56 Å². The minimum absolute atomic E-state index is 0.232. The second-order valence-electron chi connectivity index (χ2n) is 3.21. The quantitative estimate of drug-likeness (QED) is 0.771. The van der Waals surface area contributed by atoms with Crippen molar-refractivity contribution in [3.63, 3.8) is 0 Å². The molecule has 0 atom stereocenters. The Hall–Kier alpha value is -1.31. The minimum atomic E-state index is -5.96. The summed E-state index contributed by atoms with van der Waals surface area (Å²) in [5, 5.41) is 8.87. The van der Waals surface area contributed by atoms with E-state index in [0.29, 0.717) is 12.1 Å². The first kappa shape index (κ1) is 13.8. The SMILES string of the molecule is OC(c1ccc(F)cc1)(C(F)(F)F)C(F)(F)F. The van der Waals surface area contributed by atoms with E-state index in [-0.39, 0.29) is 12.1 Å². The summed E-state index contributed by atoms with van der Waals surface area (Å²) in [6, 6.07) is 1.27. The van der Waals surface area contributed by atoms with Crippen molar-refractivity contribution in [2.45, 2.75) is 18.0 Å². The van der Waals surface area contributed by atoms with Gasteiger partial charge in [0.1, 0.15) is 5.82 Å². The third-order valence-corrected chi connectivity index (χ3v) is 2.08. The molecule has 1 nitrogen and oxygen atoms in total. The average molecular weight is 262 g/mol. The molecule has 0 aromatic heterocycles. The van der Waals surface area contributed by atoms with Crippen LogP contribution in [0.5, 0.6) is 0 Å². The van der Waals surface area contributed by atoms with Crippen LogP contribution >= 0.6 is 0 Å². The molecule has 0 amide bonds. The molecule has 0 saturated heterocycles. The van der Waals surface area contributed by atoms with Crippen molar-refractivity contribution in [2.75, 3.05) is 0 Å². The molecular formula is C9H5F7O. The zero-order chi connectivity index (χ0) is 13.5. The summed E-state index contributed by atoms with van der Waals surface area (Å²) in [7, 11) is 0. The maximum atomic E-state index is 12.4. The normalized spacial score (nSPS) is 13.9. The van der Waals surface area contributed by atoms with E-state index in [0.717, 1.165) is 0 Å². The van der Waals surface area contributed by atoms with E-state index in [1.165, 1.54) is 0 Å². The number of halogens is 7. The van der Waals surface area contributed by atoms with E-state index >= 15 is 0 Å². The second-order valence-corrected chi connectivity index (χ2v) is 3.21. The van der Waals surface area contributed by atoms with E-state index in [1.54, 1.807) is 0 Å². The zero-order valence-electron chi connectivity index (χ0n) is 7.90. The molecule has 1 aromatic rings. The molecule has 0 fully saturated rings. The highest BCUT2D eigenvalue weighted by molar-refractivity contribution is 5.26. The summed E-state index contributed by atoms with van der Waals surface area (Å²) < 4.78 is 86.4. The third kappa shape index (κ3) is 2.21. The van der Waals surface area contributed by atoms with E-state index in [4.69, 9.17) is 5.11 Å².